The molecule has 0 saturated carbocycles. The molecule has 2 aliphatic rings. The van der Waals surface area contributed by atoms with Gasteiger partial charge in [-0.15, -0.1) is 0 Å². The lowest BCUT2D eigenvalue weighted by atomic mass is 9.81. The highest BCUT2D eigenvalue weighted by Crippen LogP contribution is 2.50. The monoisotopic (exact) mass is 414 g/mol. The van der Waals surface area contributed by atoms with Gasteiger partial charge < -0.3 is 14.2 Å². The number of hydrogen-bond acceptors (Lipinski definition) is 6. The third kappa shape index (κ3) is 3.08. The Balaban J connectivity index is 1.50. The molecule has 2 saturated heterocycles. The number of nitrogens with zero attached hydrogens (tertiary/aromatic N) is 4. The third-order valence-electron chi connectivity index (χ3n) is 6.25. The Morgan fingerprint density at radius 3 is 2.86 bits per heavy atom. The molecule has 2 aromatic heterocycles. The zero-order chi connectivity index (χ0) is 20.0. The van der Waals surface area contributed by atoms with Crippen LogP contribution in [0.5, 0.6) is 5.88 Å². The Bertz CT molecular complexity index is 1030. The van der Waals surface area contributed by atoms with Crippen LogP contribution in [-0.4, -0.2) is 37.8 Å². The van der Waals surface area contributed by atoms with Crippen molar-refractivity contribution in [1.29, 1.82) is 0 Å². The van der Waals surface area contributed by atoms with Crippen LogP contribution < -0.4 is 4.74 Å². The van der Waals surface area contributed by atoms with Crippen molar-refractivity contribution >= 4 is 22.8 Å². The van der Waals surface area contributed by atoms with Crippen LogP contribution in [0.4, 0.5) is 0 Å². The van der Waals surface area contributed by atoms with Crippen LogP contribution >= 0.6 is 11.6 Å². The van der Waals surface area contributed by atoms with Crippen LogP contribution in [0.3, 0.4) is 0 Å². The molecule has 1 aromatic carbocycles. The van der Waals surface area contributed by atoms with Gasteiger partial charge in [-0.2, -0.15) is 9.97 Å². The fourth-order valence-corrected chi connectivity index (χ4v) is 4.67. The molecule has 1 unspecified atom stereocenters. The number of aromatic nitrogens is 4. The van der Waals surface area contributed by atoms with Crippen molar-refractivity contribution in [2.24, 2.45) is 5.92 Å². The van der Waals surface area contributed by atoms with Gasteiger partial charge in [0, 0.05) is 18.9 Å². The van der Waals surface area contributed by atoms with Crippen molar-refractivity contribution in [1.82, 2.24) is 19.5 Å². The van der Waals surface area contributed by atoms with E-state index in [4.69, 9.17) is 25.8 Å². The standard InChI is InChI=1S/C21H23ClN4O3/c1-3-21-9-10-27-16(13(21)2)19(29-21)26-12-23-15-17(26)24-20(22)25-18(15)28-11-14-7-5-4-6-8-14/h4-8,12-13,16,19H,3,9-11H2,1-2H3/t13?,16-,19+,21+/m0/s1. The van der Waals surface area contributed by atoms with E-state index in [1.165, 1.54) is 0 Å². The fraction of sp³-hybridized carbons (Fsp3) is 0.476. The average molecular weight is 415 g/mol. The number of imidazole rings is 1. The molecule has 8 heteroatoms. The van der Waals surface area contributed by atoms with E-state index in [9.17, 15) is 0 Å². The van der Waals surface area contributed by atoms with E-state index in [1.807, 2.05) is 34.9 Å². The summed E-state index contributed by atoms with van der Waals surface area (Å²) in [7, 11) is 0. The second kappa shape index (κ2) is 7.23. The molecule has 0 N–H and O–H groups in total. The third-order valence-corrected chi connectivity index (χ3v) is 6.42. The second-order valence-corrected chi connectivity index (χ2v) is 8.04. The van der Waals surface area contributed by atoms with Gasteiger partial charge in [0.25, 0.3) is 0 Å². The van der Waals surface area contributed by atoms with E-state index in [-0.39, 0.29) is 29.1 Å². The predicted molar refractivity (Wildman–Crippen MR) is 108 cm³/mol. The molecule has 5 rings (SSSR count). The summed E-state index contributed by atoms with van der Waals surface area (Å²) in [5.74, 6) is 0.651. The lowest BCUT2D eigenvalue weighted by Crippen LogP contribution is -2.42. The van der Waals surface area contributed by atoms with Crippen molar-refractivity contribution in [2.45, 2.75) is 51.2 Å². The molecule has 0 aliphatic carbocycles. The summed E-state index contributed by atoms with van der Waals surface area (Å²) in [6, 6.07) is 9.89. The first-order chi connectivity index (χ1) is 14.1. The highest BCUT2D eigenvalue weighted by Gasteiger charge is 2.55. The van der Waals surface area contributed by atoms with E-state index in [0.717, 1.165) is 18.4 Å². The maximum Gasteiger partial charge on any atom is 0.247 e. The van der Waals surface area contributed by atoms with Gasteiger partial charge in [0.1, 0.15) is 12.7 Å². The largest absolute Gasteiger partial charge is 0.471 e. The molecule has 0 radical (unpaired) electrons. The van der Waals surface area contributed by atoms with Crippen molar-refractivity contribution in [2.75, 3.05) is 6.61 Å². The van der Waals surface area contributed by atoms with E-state index >= 15 is 0 Å². The van der Waals surface area contributed by atoms with Crippen LogP contribution in [0.1, 0.15) is 38.5 Å². The number of rotatable bonds is 5. The number of ether oxygens (including phenoxy) is 3. The summed E-state index contributed by atoms with van der Waals surface area (Å²) in [5.41, 5.74) is 2.02. The van der Waals surface area contributed by atoms with Crippen molar-refractivity contribution in [3.8, 4) is 5.88 Å². The van der Waals surface area contributed by atoms with Gasteiger partial charge in [-0.1, -0.05) is 44.2 Å². The first kappa shape index (κ1) is 18.8. The smallest absolute Gasteiger partial charge is 0.247 e. The molecule has 0 amide bonds. The lowest BCUT2D eigenvalue weighted by molar-refractivity contribution is -0.0859. The van der Waals surface area contributed by atoms with Gasteiger partial charge in [0.15, 0.2) is 17.4 Å². The minimum absolute atomic E-state index is 0.0523. The lowest BCUT2D eigenvalue weighted by Gasteiger charge is -2.35. The molecule has 7 nitrogen and oxygen atoms in total. The molecule has 2 aliphatic heterocycles. The summed E-state index contributed by atoms with van der Waals surface area (Å²) in [6.07, 6.45) is 3.20. The molecular formula is C21H23ClN4O3. The molecule has 29 heavy (non-hydrogen) atoms. The highest BCUT2D eigenvalue weighted by atomic mass is 35.5. The zero-order valence-electron chi connectivity index (χ0n) is 16.4. The molecular weight excluding hydrogens is 392 g/mol. The maximum atomic E-state index is 6.55. The average Bonchev–Trinajstić information content (AvgIpc) is 3.19. The Morgan fingerprint density at radius 2 is 2.10 bits per heavy atom. The molecule has 3 aromatic rings. The van der Waals surface area contributed by atoms with Gasteiger partial charge in [-0.3, -0.25) is 4.57 Å². The van der Waals surface area contributed by atoms with Crippen molar-refractivity contribution in [3.63, 3.8) is 0 Å². The van der Waals surface area contributed by atoms with Crippen molar-refractivity contribution in [3.05, 3.63) is 47.5 Å². The zero-order valence-corrected chi connectivity index (χ0v) is 17.2. The Hall–Kier alpha value is -2.22. The van der Waals surface area contributed by atoms with E-state index < -0.39 is 0 Å². The quantitative estimate of drug-likeness (QED) is 0.584. The minimum atomic E-state index is -0.301. The van der Waals surface area contributed by atoms with Crippen molar-refractivity contribution < 1.29 is 14.2 Å². The second-order valence-electron chi connectivity index (χ2n) is 7.70. The number of hydrogen-bond donors (Lipinski definition) is 0. The summed E-state index contributed by atoms with van der Waals surface area (Å²) < 4.78 is 20.5. The minimum Gasteiger partial charge on any atom is -0.471 e. The van der Waals surface area contributed by atoms with Crippen LogP contribution in [-0.2, 0) is 16.1 Å². The van der Waals surface area contributed by atoms with E-state index in [2.05, 4.69) is 28.8 Å². The number of halogens is 1. The van der Waals surface area contributed by atoms with Crippen LogP contribution in [0.25, 0.3) is 11.2 Å². The van der Waals surface area contributed by atoms with Crippen LogP contribution in [0, 0.1) is 5.92 Å². The van der Waals surface area contributed by atoms with Gasteiger partial charge in [-0.25, -0.2) is 4.98 Å². The first-order valence-electron chi connectivity index (χ1n) is 9.97. The Morgan fingerprint density at radius 1 is 1.28 bits per heavy atom. The number of benzene rings is 1. The SMILES string of the molecule is CC[C@@]12CCO[C@@H](C1C)[C@H](n1cnc3c(OCc4ccccc4)nc(Cl)nc31)O2. The molecule has 4 atom stereocenters. The van der Waals surface area contributed by atoms with Crippen LogP contribution in [0.15, 0.2) is 36.7 Å². The Kier molecular flexibility index (Phi) is 4.69. The Labute approximate surface area is 174 Å². The molecule has 2 bridgehead atoms. The predicted octanol–water partition coefficient (Wildman–Crippen LogP) is 4.16. The van der Waals surface area contributed by atoms with E-state index in [0.29, 0.717) is 30.3 Å². The summed E-state index contributed by atoms with van der Waals surface area (Å²) in [6.45, 7) is 5.44. The summed E-state index contributed by atoms with van der Waals surface area (Å²) in [5, 5.41) is 0.113. The van der Waals surface area contributed by atoms with Gasteiger partial charge in [0.05, 0.1) is 11.9 Å². The molecule has 0 spiro atoms. The normalized spacial score (nSPS) is 28.7. The van der Waals surface area contributed by atoms with Gasteiger partial charge in [-0.05, 0) is 23.6 Å². The number of fused-ring (bicyclic) bond motifs is 3. The fourth-order valence-electron chi connectivity index (χ4n) is 4.52. The summed E-state index contributed by atoms with van der Waals surface area (Å²) in [4.78, 5) is 13.2. The molecule has 4 heterocycles. The van der Waals surface area contributed by atoms with Crippen LogP contribution in [0.2, 0.25) is 5.28 Å². The topological polar surface area (TPSA) is 71.3 Å². The first-order valence-corrected chi connectivity index (χ1v) is 10.4. The van der Waals surface area contributed by atoms with Gasteiger partial charge in [0.2, 0.25) is 11.2 Å². The van der Waals surface area contributed by atoms with Gasteiger partial charge >= 0.3 is 0 Å². The van der Waals surface area contributed by atoms with E-state index in [1.54, 1.807) is 6.33 Å². The molecule has 152 valence electrons. The molecule has 2 fully saturated rings. The highest BCUT2D eigenvalue weighted by molar-refractivity contribution is 6.28. The maximum absolute atomic E-state index is 6.55. The summed E-state index contributed by atoms with van der Waals surface area (Å²) >= 11 is 6.22.